The predicted octanol–water partition coefficient (Wildman–Crippen LogP) is 2.91. The molecule has 21 heavy (non-hydrogen) atoms. The molecular formula is C18H19NO2. The minimum Gasteiger partial charge on any atom is -0.497 e. The van der Waals surface area contributed by atoms with E-state index < -0.39 is 0 Å². The molecule has 0 saturated carbocycles. The molecule has 1 amide bonds. The predicted molar refractivity (Wildman–Crippen MR) is 82.4 cm³/mol. The van der Waals surface area contributed by atoms with Gasteiger partial charge in [0.05, 0.1) is 7.11 Å². The van der Waals surface area contributed by atoms with Crippen molar-refractivity contribution in [3.8, 4) is 5.75 Å². The van der Waals surface area contributed by atoms with E-state index in [0.717, 1.165) is 17.7 Å². The molecule has 2 aromatic carbocycles. The van der Waals surface area contributed by atoms with Crippen LogP contribution in [0.5, 0.6) is 5.75 Å². The van der Waals surface area contributed by atoms with Crippen LogP contribution in [0.2, 0.25) is 0 Å². The molecule has 1 fully saturated rings. The highest BCUT2D eigenvalue weighted by atomic mass is 16.5. The number of hydrogen-bond acceptors (Lipinski definition) is 2. The summed E-state index contributed by atoms with van der Waals surface area (Å²) in [5, 5.41) is 3.11. The molecule has 2 aromatic rings. The SMILES string of the molecule is COc1cccc(C2CC(=O)NC2Cc2ccccc2)c1. The Kier molecular flexibility index (Phi) is 3.91. The quantitative estimate of drug-likeness (QED) is 0.935. The van der Waals surface area contributed by atoms with Gasteiger partial charge < -0.3 is 10.1 Å². The highest BCUT2D eigenvalue weighted by Gasteiger charge is 2.33. The van der Waals surface area contributed by atoms with Gasteiger partial charge in [0, 0.05) is 18.4 Å². The fraction of sp³-hybridized carbons (Fsp3) is 0.278. The minimum absolute atomic E-state index is 0.128. The zero-order valence-corrected chi connectivity index (χ0v) is 12.1. The molecule has 3 nitrogen and oxygen atoms in total. The van der Waals surface area contributed by atoms with Gasteiger partial charge in [0.25, 0.3) is 0 Å². The Hall–Kier alpha value is -2.29. The van der Waals surface area contributed by atoms with Gasteiger partial charge in [-0.05, 0) is 29.7 Å². The van der Waals surface area contributed by atoms with Crippen molar-refractivity contribution >= 4 is 5.91 Å². The summed E-state index contributed by atoms with van der Waals surface area (Å²) in [7, 11) is 1.67. The first kappa shape index (κ1) is 13.7. The van der Waals surface area contributed by atoms with E-state index in [1.54, 1.807) is 7.11 Å². The van der Waals surface area contributed by atoms with Gasteiger partial charge in [0.1, 0.15) is 5.75 Å². The number of amides is 1. The highest BCUT2D eigenvalue weighted by molar-refractivity contribution is 5.80. The van der Waals surface area contributed by atoms with Crippen LogP contribution in [0.1, 0.15) is 23.5 Å². The number of benzene rings is 2. The van der Waals surface area contributed by atoms with E-state index in [0.29, 0.717) is 6.42 Å². The van der Waals surface area contributed by atoms with E-state index in [1.807, 2.05) is 36.4 Å². The number of hydrogen-bond donors (Lipinski definition) is 1. The van der Waals surface area contributed by atoms with Crippen LogP contribution in [0.15, 0.2) is 54.6 Å². The molecule has 2 atom stereocenters. The first-order valence-corrected chi connectivity index (χ1v) is 7.23. The summed E-state index contributed by atoms with van der Waals surface area (Å²) in [5.41, 5.74) is 2.41. The lowest BCUT2D eigenvalue weighted by Gasteiger charge is -2.20. The molecule has 1 heterocycles. The third-order valence-electron chi connectivity index (χ3n) is 4.06. The Morgan fingerprint density at radius 1 is 1.14 bits per heavy atom. The topological polar surface area (TPSA) is 38.3 Å². The van der Waals surface area contributed by atoms with Crippen molar-refractivity contribution < 1.29 is 9.53 Å². The fourth-order valence-electron chi connectivity index (χ4n) is 2.99. The van der Waals surface area contributed by atoms with Crippen LogP contribution in [0.3, 0.4) is 0 Å². The Morgan fingerprint density at radius 2 is 1.95 bits per heavy atom. The van der Waals surface area contributed by atoms with E-state index in [2.05, 4.69) is 23.5 Å². The lowest BCUT2D eigenvalue weighted by molar-refractivity contribution is -0.119. The van der Waals surface area contributed by atoms with Crippen LogP contribution in [0, 0.1) is 0 Å². The molecule has 1 saturated heterocycles. The molecule has 0 radical (unpaired) electrons. The van der Waals surface area contributed by atoms with Crippen LogP contribution in [-0.4, -0.2) is 19.1 Å². The summed E-state index contributed by atoms with van der Waals surface area (Å²) < 4.78 is 5.29. The van der Waals surface area contributed by atoms with Crippen molar-refractivity contribution in [1.29, 1.82) is 0 Å². The first-order chi connectivity index (χ1) is 10.3. The standard InChI is InChI=1S/C18H19NO2/c1-21-15-9-5-8-14(11-15)16-12-18(20)19-17(16)10-13-6-3-2-4-7-13/h2-9,11,16-17H,10,12H2,1H3,(H,19,20). The van der Waals surface area contributed by atoms with Gasteiger partial charge >= 0.3 is 0 Å². The second-order valence-corrected chi connectivity index (χ2v) is 5.45. The van der Waals surface area contributed by atoms with Crippen LogP contribution in [0.25, 0.3) is 0 Å². The average Bonchev–Trinajstić information content (AvgIpc) is 2.89. The molecule has 108 valence electrons. The maximum Gasteiger partial charge on any atom is 0.220 e. The summed E-state index contributed by atoms with van der Waals surface area (Å²) in [6.07, 6.45) is 1.40. The summed E-state index contributed by atoms with van der Waals surface area (Å²) in [6.45, 7) is 0. The molecular weight excluding hydrogens is 262 g/mol. The molecule has 0 spiro atoms. The number of carbonyl (C=O) groups is 1. The normalized spacial score (nSPS) is 21.1. The summed E-state index contributed by atoms with van der Waals surface area (Å²) in [6, 6.07) is 18.5. The van der Waals surface area contributed by atoms with Crippen molar-refractivity contribution in [2.24, 2.45) is 0 Å². The summed E-state index contributed by atoms with van der Waals surface area (Å²) in [5.74, 6) is 1.17. The lowest BCUT2D eigenvalue weighted by atomic mass is 9.88. The number of carbonyl (C=O) groups excluding carboxylic acids is 1. The number of nitrogens with one attached hydrogen (secondary N) is 1. The number of rotatable bonds is 4. The van der Waals surface area contributed by atoms with E-state index >= 15 is 0 Å². The van der Waals surface area contributed by atoms with Crippen molar-refractivity contribution in [2.45, 2.75) is 24.8 Å². The van der Waals surface area contributed by atoms with E-state index in [-0.39, 0.29) is 17.9 Å². The van der Waals surface area contributed by atoms with Crippen LogP contribution in [-0.2, 0) is 11.2 Å². The smallest absolute Gasteiger partial charge is 0.220 e. The van der Waals surface area contributed by atoms with Gasteiger partial charge in [-0.1, -0.05) is 42.5 Å². The van der Waals surface area contributed by atoms with Gasteiger partial charge in [-0.2, -0.15) is 0 Å². The molecule has 1 aliphatic rings. The van der Waals surface area contributed by atoms with Gasteiger partial charge in [0.15, 0.2) is 0 Å². The van der Waals surface area contributed by atoms with Gasteiger partial charge in [0.2, 0.25) is 5.91 Å². The van der Waals surface area contributed by atoms with Crippen molar-refractivity contribution in [1.82, 2.24) is 5.32 Å². The molecule has 2 unspecified atom stereocenters. The lowest BCUT2D eigenvalue weighted by Crippen LogP contribution is -2.30. The van der Waals surface area contributed by atoms with E-state index in [1.165, 1.54) is 5.56 Å². The number of methoxy groups -OCH3 is 1. The van der Waals surface area contributed by atoms with Crippen LogP contribution >= 0.6 is 0 Å². The first-order valence-electron chi connectivity index (χ1n) is 7.23. The van der Waals surface area contributed by atoms with Gasteiger partial charge in [-0.15, -0.1) is 0 Å². The van der Waals surface area contributed by atoms with Crippen molar-refractivity contribution in [2.75, 3.05) is 7.11 Å². The third kappa shape index (κ3) is 3.07. The molecule has 3 heteroatoms. The summed E-state index contributed by atoms with van der Waals surface area (Å²) >= 11 is 0. The van der Waals surface area contributed by atoms with Crippen molar-refractivity contribution in [3.63, 3.8) is 0 Å². The molecule has 1 aliphatic heterocycles. The Bertz CT molecular complexity index is 624. The van der Waals surface area contributed by atoms with E-state index in [9.17, 15) is 4.79 Å². The second kappa shape index (κ2) is 6.00. The van der Waals surface area contributed by atoms with Crippen LogP contribution < -0.4 is 10.1 Å². The molecule has 0 bridgehead atoms. The molecule has 3 rings (SSSR count). The molecule has 1 N–H and O–H groups in total. The number of ether oxygens (including phenoxy) is 1. The maximum absolute atomic E-state index is 11.8. The van der Waals surface area contributed by atoms with Gasteiger partial charge in [-0.25, -0.2) is 0 Å². The third-order valence-corrected chi connectivity index (χ3v) is 4.06. The maximum atomic E-state index is 11.8. The second-order valence-electron chi connectivity index (χ2n) is 5.45. The Labute approximate surface area is 124 Å². The minimum atomic E-state index is 0.128. The van der Waals surface area contributed by atoms with Crippen LogP contribution in [0.4, 0.5) is 0 Å². The summed E-state index contributed by atoms with van der Waals surface area (Å²) in [4.78, 5) is 11.8. The van der Waals surface area contributed by atoms with E-state index in [4.69, 9.17) is 4.74 Å². The highest BCUT2D eigenvalue weighted by Crippen LogP contribution is 2.32. The zero-order chi connectivity index (χ0) is 14.7. The average molecular weight is 281 g/mol. The largest absolute Gasteiger partial charge is 0.497 e. The zero-order valence-electron chi connectivity index (χ0n) is 12.1. The monoisotopic (exact) mass is 281 g/mol. The van der Waals surface area contributed by atoms with Crippen molar-refractivity contribution in [3.05, 3.63) is 65.7 Å². The Morgan fingerprint density at radius 3 is 2.71 bits per heavy atom. The molecule has 0 aromatic heterocycles. The molecule has 0 aliphatic carbocycles. The fourth-order valence-corrected chi connectivity index (χ4v) is 2.99. The van der Waals surface area contributed by atoms with Gasteiger partial charge in [-0.3, -0.25) is 4.79 Å². The Balaban J connectivity index is 1.83.